The second-order valence-electron chi connectivity index (χ2n) is 4.26. The largest absolute Gasteiger partial charge is 0.507 e. The number of halogens is 5. The molecule has 0 radical (unpaired) electrons. The monoisotopic (exact) mass is 320 g/mol. The van der Waals surface area contributed by atoms with Gasteiger partial charge in [0.1, 0.15) is 11.5 Å². The number of hydrogen-bond acceptors (Lipinski definition) is 3. The summed E-state index contributed by atoms with van der Waals surface area (Å²) >= 11 is 0. The van der Waals surface area contributed by atoms with Crippen molar-refractivity contribution in [3.05, 3.63) is 46.8 Å². The molecule has 2 aromatic rings. The van der Waals surface area contributed by atoms with E-state index in [-0.39, 0.29) is 5.56 Å². The summed E-state index contributed by atoms with van der Waals surface area (Å²) in [6.45, 7) is -0.633. The predicted molar refractivity (Wildman–Crippen MR) is 65.8 cm³/mol. The van der Waals surface area contributed by atoms with Crippen molar-refractivity contribution in [2.75, 3.05) is 7.11 Å². The van der Waals surface area contributed by atoms with Crippen LogP contribution in [0.3, 0.4) is 0 Å². The van der Waals surface area contributed by atoms with E-state index < -0.39 is 58.3 Å². The van der Waals surface area contributed by atoms with E-state index in [1.807, 2.05) is 0 Å². The second kappa shape index (κ2) is 5.80. The minimum atomic E-state index is -2.31. The van der Waals surface area contributed by atoms with Crippen LogP contribution in [0.1, 0.15) is 5.56 Å². The van der Waals surface area contributed by atoms with Gasteiger partial charge in [0, 0.05) is 5.56 Å². The van der Waals surface area contributed by atoms with Gasteiger partial charge in [0.2, 0.25) is 5.82 Å². The van der Waals surface area contributed by atoms with Crippen LogP contribution >= 0.6 is 0 Å². The lowest BCUT2D eigenvalue weighted by atomic mass is 9.98. The number of aromatic hydroxyl groups is 1. The Labute approximate surface area is 121 Å². The molecule has 2 N–H and O–H groups in total. The van der Waals surface area contributed by atoms with Crippen molar-refractivity contribution >= 4 is 0 Å². The zero-order valence-corrected chi connectivity index (χ0v) is 11.1. The molecule has 0 saturated carbocycles. The summed E-state index contributed by atoms with van der Waals surface area (Å²) in [5.41, 5.74) is -2.07. The minimum absolute atomic E-state index is 0.000702. The summed E-state index contributed by atoms with van der Waals surface area (Å²) in [5.74, 6) is -12.0. The van der Waals surface area contributed by atoms with Crippen LogP contribution in [-0.4, -0.2) is 17.3 Å². The Morgan fingerprint density at radius 3 is 1.82 bits per heavy atom. The molecule has 0 bridgehead atoms. The average Bonchev–Trinajstić information content (AvgIpc) is 2.52. The van der Waals surface area contributed by atoms with Crippen LogP contribution in [0, 0.1) is 29.1 Å². The van der Waals surface area contributed by atoms with Gasteiger partial charge in [0.05, 0.1) is 24.8 Å². The highest BCUT2D eigenvalue weighted by molar-refractivity contribution is 5.79. The van der Waals surface area contributed by atoms with Crippen LogP contribution in [0.15, 0.2) is 12.1 Å². The van der Waals surface area contributed by atoms with Gasteiger partial charge < -0.3 is 14.9 Å². The fourth-order valence-electron chi connectivity index (χ4n) is 2.04. The molecule has 0 aliphatic carbocycles. The molecule has 8 heteroatoms. The fraction of sp³-hybridized carbons (Fsp3) is 0.143. The van der Waals surface area contributed by atoms with Crippen molar-refractivity contribution in [3.63, 3.8) is 0 Å². The lowest BCUT2D eigenvalue weighted by Gasteiger charge is -2.16. The first-order valence-corrected chi connectivity index (χ1v) is 5.86. The third-order valence-electron chi connectivity index (χ3n) is 3.05. The molecular formula is C14H9F5O3. The van der Waals surface area contributed by atoms with Gasteiger partial charge in [-0.15, -0.1) is 0 Å². The van der Waals surface area contributed by atoms with Gasteiger partial charge >= 0.3 is 0 Å². The molecule has 0 unspecified atom stereocenters. The Morgan fingerprint density at radius 2 is 1.36 bits per heavy atom. The van der Waals surface area contributed by atoms with Crippen LogP contribution in [0.2, 0.25) is 0 Å². The first-order valence-electron chi connectivity index (χ1n) is 5.86. The molecular weight excluding hydrogens is 311 g/mol. The molecule has 2 aromatic carbocycles. The topological polar surface area (TPSA) is 49.7 Å². The third-order valence-corrected chi connectivity index (χ3v) is 3.05. The fourth-order valence-corrected chi connectivity index (χ4v) is 2.04. The van der Waals surface area contributed by atoms with Crippen LogP contribution in [0.5, 0.6) is 11.5 Å². The van der Waals surface area contributed by atoms with Crippen molar-refractivity contribution < 1.29 is 36.9 Å². The molecule has 3 nitrogen and oxygen atoms in total. The molecule has 0 aliphatic heterocycles. The SMILES string of the molecule is COc1c(CO)ccc(O)c1-c1c(F)c(F)c(F)c(F)c1F. The molecule has 22 heavy (non-hydrogen) atoms. The number of aliphatic hydroxyl groups is 1. The Hall–Kier alpha value is -2.35. The van der Waals surface area contributed by atoms with Gasteiger partial charge in [-0.1, -0.05) is 0 Å². The predicted octanol–water partition coefficient (Wildman–Crippen LogP) is 3.26. The van der Waals surface area contributed by atoms with E-state index in [0.717, 1.165) is 13.2 Å². The van der Waals surface area contributed by atoms with Crippen LogP contribution in [0.25, 0.3) is 11.1 Å². The Balaban J connectivity index is 2.95. The molecule has 0 aromatic heterocycles. The van der Waals surface area contributed by atoms with Crippen LogP contribution in [-0.2, 0) is 6.61 Å². The lowest BCUT2D eigenvalue weighted by Crippen LogP contribution is -2.06. The number of rotatable bonds is 3. The van der Waals surface area contributed by atoms with E-state index in [1.54, 1.807) is 0 Å². The number of aliphatic hydroxyl groups excluding tert-OH is 1. The first kappa shape index (κ1) is 16.0. The Morgan fingerprint density at radius 1 is 0.864 bits per heavy atom. The smallest absolute Gasteiger partial charge is 0.200 e. The summed E-state index contributed by atoms with van der Waals surface area (Å²) in [7, 11) is 1.06. The van der Waals surface area contributed by atoms with E-state index in [1.165, 1.54) is 6.07 Å². The molecule has 118 valence electrons. The van der Waals surface area contributed by atoms with Crippen LogP contribution < -0.4 is 4.74 Å². The van der Waals surface area contributed by atoms with Crippen molar-refractivity contribution in [1.82, 2.24) is 0 Å². The van der Waals surface area contributed by atoms with Gasteiger partial charge in [-0.25, -0.2) is 22.0 Å². The second-order valence-corrected chi connectivity index (χ2v) is 4.26. The highest BCUT2D eigenvalue weighted by Gasteiger charge is 2.30. The zero-order valence-electron chi connectivity index (χ0n) is 11.1. The Bertz CT molecular complexity index is 717. The quantitative estimate of drug-likeness (QED) is 0.518. The molecule has 0 heterocycles. The van der Waals surface area contributed by atoms with Crippen molar-refractivity contribution in [2.45, 2.75) is 6.61 Å². The normalized spacial score (nSPS) is 10.9. The number of phenols is 1. The summed E-state index contributed by atoms with van der Waals surface area (Å²) < 4.78 is 72.3. The number of hydrogen-bond donors (Lipinski definition) is 2. The van der Waals surface area contributed by atoms with Crippen LogP contribution in [0.4, 0.5) is 22.0 Å². The molecule has 0 saturated heterocycles. The average molecular weight is 320 g/mol. The van der Waals surface area contributed by atoms with Crippen molar-refractivity contribution in [1.29, 1.82) is 0 Å². The van der Waals surface area contributed by atoms with Gasteiger partial charge in [-0.3, -0.25) is 0 Å². The van der Waals surface area contributed by atoms with E-state index in [0.29, 0.717) is 0 Å². The molecule has 2 rings (SSSR count). The maximum atomic E-state index is 13.9. The standard InChI is InChI=1S/C14H9F5O3/c1-22-14-5(4-20)2-3-6(21)7(14)8-9(15)11(17)13(19)12(18)10(8)16/h2-3,20-21H,4H2,1H3. The van der Waals surface area contributed by atoms with Crippen molar-refractivity contribution in [2.24, 2.45) is 0 Å². The lowest BCUT2D eigenvalue weighted by molar-refractivity contribution is 0.273. The van der Waals surface area contributed by atoms with Crippen molar-refractivity contribution in [3.8, 4) is 22.6 Å². The van der Waals surface area contributed by atoms with E-state index >= 15 is 0 Å². The van der Waals surface area contributed by atoms with Gasteiger partial charge in [-0.05, 0) is 12.1 Å². The molecule has 0 spiro atoms. The number of benzene rings is 2. The summed E-state index contributed by atoms with van der Waals surface area (Å²) in [4.78, 5) is 0. The Kier molecular flexibility index (Phi) is 4.23. The minimum Gasteiger partial charge on any atom is -0.507 e. The molecule has 0 amide bonds. The maximum absolute atomic E-state index is 13.9. The molecule has 0 atom stereocenters. The van der Waals surface area contributed by atoms with E-state index in [2.05, 4.69) is 0 Å². The van der Waals surface area contributed by atoms with E-state index in [4.69, 9.17) is 9.84 Å². The highest BCUT2D eigenvalue weighted by Crippen LogP contribution is 2.44. The van der Waals surface area contributed by atoms with Gasteiger partial charge in [-0.2, -0.15) is 0 Å². The maximum Gasteiger partial charge on any atom is 0.200 e. The number of phenolic OH excluding ortho intramolecular Hbond substituents is 1. The first-order chi connectivity index (χ1) is 10.3. The number of ether oxygens (including phenoxy) is 1. The third kappa shape index (κ3) is 2.25. The molecule has 0 aliphatic rings. The zero-order chi connectivity index (χ0) is 16.6. The van der Waals surface area contributed by atoms with Gasteiger partial charge in [0.25, 0.3) is 0 Å². The highest BCUT2D eigenvalue weighted by atomic mass is 19.2. The molecule has 0 fully saturated rings. The summed E-state index contributed by atoms with van der Waals surface area (Å²) in [6, 6.07) is 2.13. The number of methoxy groups -OCH3 is 1. The summed E-state index contributed by atoms with van der Waals surface area (Å²) in [6.07, 6.45) is 0. The van der Waals surface area contributed by atoms with E-state index in [9.17, 15) is 27.1 Å². The van der Waals surface area contributed by atoms with Gasteiger partial charge in [0.15, 0.2) is 23.3 Å². The summed E-state index contributed by atoms with van der Waals surface area (Å²) in [5, 5.41) is 18.9.